The number of fused-ring (bicyclic) bond motifs is 1. The van der Waals surface area contributed by atoms with Gasteiger partial charge in [-0.2, -0.15) is 0 Å². The maximum atomic E-state index is 13.4. The molecule has 0 radical (unpaired) electrons. The first-order chi connectivity index (χ1) is 17.1. The second kappa shape index (κ2) is 10.2. The minimum Gasteiger partial charge on any atom is -0.496 e. The molecular weight excluding hydrogens is 443 g/mol. The Balaban J connectivity index is 1.27. The van der Waals surface area contributed by atoms with Gasteiger partial charge in [0.25, 0.3) is 0 Å². The summed E-state index contributed by atoms with van der Waals surface area (Å²) in [4.78, 5) is 20.0. The molecule has 1 aliphatic rings. The highest BCUT2D eigenvalue weighted by atomic mass is 19.1. The number of rotatable bonds is 7. The molecule has 0 spiro atoms. The molecule has 5 rings (SSSR count). The van der Waals surface area contributed by atoms with Crippen LogP contribution in [0.5, 0.6) is 5.75 Å². The van der Waals surface area contributed by atoms with Gasteiger partial charge < -0.3 is 19.5 Å². The van der Waals surface area contributed by atoms with E-state index in [0.29, 0.717) is 13.1 Å². The number of anilines is 1. The first kappa shape index (κ1) is 22.9. The van der Waals surface area contributed by atoms with E-state index in [4.69, 9.17) is 9.72 Å². The summed E-state index contributed by atoms with van der Waals surface area (Å²) in [6.07, 6.45) is 1.52. The van der Waals surface area contributed by atoms with Crippen molar-refractivity contribution in [2.75, 3.05) is 25.1 Å². The fraction of sp³-hybridized carbons (Fsp3) is 0.286. The summed E-state index contributed by atoms with van der Waals surface area (Å²) in [6, 6.07) is 22.4. The normalized spacial score (nSPS) is 14.3. The van der Waals surface area contributed by atoms with Crippen molar-refractivity contribution in [2.24, 2.45) is 5.92 Å². The average molecular weight is 473 g/mol. The third-order valence-corrected chi connectivity index (χ3v) is 6.68. The standard InChI is InChI=1S/C28H29FN4O2/c1-35-26-9-5-2-6-22(26)18-30-27(34)21-14-16-32(17-15-21)28-31-24-7-3-4-8-25(24)33(28)19-20-10-12-23(29)13-11-20/h2-13,21H,14-19H2,1H3,(H,30,34). The minimum absolute atomic E-state index is 0.0316. The lowest BCUT2D eigenvalue weighted by Gasteiger charge is -2.32. The highest BCUT2D eigenvalue weighted by Crippen LogP contribution is 2.28. The molecular formula is C28H29FN4O2. The molecule has 2 heterocycles. The third-order valence-electron chi connectivity index (χ3n) is 6.68. The smallest absolute Gasteiger partial charge is 0.223 e. The number of amides is 1. The monoisotopic (exact) mass is 472 g/mol. The molecule has 4 aromatic rings. The largest absolute Gasteiger partial charge is 0.496 e. The summed E-state index contributed by atoms with van der Waals surface area (Å²) in [5.41, 5.74) is 3.96. The maximum absolute atomic E-state index is 13.4. The number of hydrogen-bond donors (Lipinski definition) is 1. The van der Waals surface area contributed by atoms with Gasteiger partial charge in [-0.05, 0) is 48.7 Å². The van der Waals surface area contributed by atoms with E-state index in [9.17, 15) is 9.18 Å². The van der Waals surface area contributed by atoms with Gasteiger partial charge in [-0.15, -0.1) is 0 Å². The fourth-order valence-corrected chi connectivity index (χ4v) is 4.75. The van der Waals surface area contributed by atoms with Gasteiger partial charge in [-0.25, -0.2) is 9.37 Å². The van der Waals surface area contributed by atoms with E-state index in [1.165, 1.54) is 12.1 Å². The van der Waals surface area contributed by atoms with Crippen LogP contribution in [-0.2, 0) is 17.9 Å². The van der Waals surface area contributed by atoms with Gasteiger partial charge in [0.05, 0.1) is 24.7 Å². The molecule has 7 heteroatoms. The van der Waals surface area contributed by atoms with E-state index >= 15 is 0 Å². The molecule has 35 heavy (non-hydrogen) atoms. The number of methoxy groups -OCH3 is 1. The summed E-state index contributed by atoms with van der Waals surface area (Å²) in [5.74, 6) is 1.48. The number of carbonyl (C=O) groups is 1. The Kier molecular flexibility index (Phi) is 6.66. The summed E-state index contributed by atoms with van der Waals surface area (Å²) >= 11 is 0. The Labute approximate surface area is 204 Å². The molecule has 1 N–H and O–H groups in total. The molecule has 6 nitrogen and oxygen atoms in total. The molecule has 0 unspecified atom stereocenters. The van der Waals surface area contributed by atoms with Gasteiger partial charge >= 0.3 is 0 Å². The van der Waals surface area contributed by atoms with Crippen LogP contribution in [0.3, 0.4) is 0 Å². The lowest BCUT2D eigenvalue weighted by molar-refractivity contribution is -0.125. The van der Waals surface area contributed by atoms with Crippen LogP contribution in [0.15, 0.2) is 72.8 Å². The molecule has 1 amide bonds. The number of imidazole rings is 1. The summed E-state index contributed by atoms with van der Waals surface area (Å²) in [6.45, 7) is 2.56. The highest BCUT2D eigenvalue weighted by Gasteiger charge is 2.27. The number of piperidine rings is 1. The summed E-state index contributed by atoms with van der Waals surface area (Å²) in [5, 5.41) is 3.08. The van der Waals surface area contributed by atoms with Crippen molar-refractivity contribution in [3.63, 3.8) is 0 Å². The number of aromatic nitrogens is 2. The van der Waals surface area contributed by atoms with E-state index < -0.39 is 0 Å². The van der Waals surface area contributed by atoms with Crippen molar-refractivity contribution < 1.29 is 13.9 Å². The van der Waals surface area contributed by atoms with Gasteiger partial charge in [-0.3, -0.25) is 4.79 Å². The molecule has 1 aliphatic heterocycles. The maximum Gasteiger partial charge on any atom is 0.223 e. The fourth-order valence-electron chi connectivity index (χ4n) is 4.75. The minimum atomic E-state index is -0.240. The van der Waals surface area contributed by atoms with Gasteiger partial charge in [-0.1, -0.05) is 42.5 Å². The number of halogens is 1. The molecule has 0 aliphatic carbocycles. The molecule has 0 atom stereocenters. The first-order valence-electron chi connectivity index (χ1n) is 12.0. The van der Waals surface area contributed by atoms with Crippen molar-refractivity contribution in [1.82, 2.24) is 14.9 Å². The predicted molar refractivity (Wildman–Crippen MR) is 135 cm³/mol. The van der Waals surface area contributed by atoms with Gasteiger partial charge in [0, 0.05) is 31.1 Å². The van der Waals surface area contributed by atoms with Gasteiger partial charge in [0.15, 0.2) is 0 Å². The van der Waals surface area contributed by atoms with Crippen LogP contribution in [0.25, 0.3) is 11.0 Å². The lowest BCUT2D eigenvalue weighted by atomic mass is 9.96. The molecule has 1 saturated heterocycles. The van der Waals surface area contributed by atoms with Crippen LogP contribution in [0.1, 0.15) is 24.0 Å². The van der Waals surface area contributed by atoms with E-state index in [2.05, 4.69) is 20.9 Å². The van der Waals surface area contributed by atoms with Crippen LogP contribution >= 0.6 is 0 Å². The van der Waals surface area contributed by atoms with Crippen LogP contribution in [0.4, 0.5) is 10.3 Å². The Morgan fingerprint density at radius 1 is 1.03 bits per heavy atom. The predicted octanol–water partition coefficient (Wildman–Crippen LogP) is 4.77. The molecule has 0 saturated carbocycles. The van der Waals surface area contributed by atoms with Crippen LogP contribution < -0.4 is 15.0 Å². The average Bonchev–Trinajstić information content (AvgIpc) is 3.27. The highest BCUT2D eigenvalue weighted by molar-refractivity contribution is 5.80. The van der Waals surface area contributed by atoms with Crippen LogP contribution in [-0.4, -0.2) is 35.7 Å². The Morgan fingerprint density at radius 3 is 2.51 bits per heavy atom. The topological polar surface area (TPSA) is 59.4 Å². The van der Waals surface area contributed by atoms with Crippen molar-refractivity contribution in [3.8, 4) is 5.75 Å². The lowest BCUT2D eigenvalue weighted by Crippen LogP contribution is -2.41. The summed E-state index contributed by atoms with van der Waals surface area (Å²) in [7, 11) is 1.64. The molecule has 1 aromatic heterocycles. The number of benzene rings is 3. The molecule has 3 aromatic carbocycles. The van der Waals surface area contributed by atoms with Gasteiger partial charge in [0.1, 0.15) is 11.6 Å². The van der Waals surface area contributed by atoms with Gasteiger partial charge in [0.2, 0.25) is 11.9 Å². The van der Waals surface area contributed by atoms with Crippen molar-refractivity contribution >= 4 is 22.9 Å². The number of nitrogens with zero attached hydrogens (tertiary/aromatic N) is 3. The second-order valence-electron chi connectivity index (χ2n) is 8.90. The third kappa shape index (κ3) is 4.99. The van der Waals surface area contributed by atoms with E-state index in [-0.39, 0.29) is 17.6 Å². The quantitative estimate of drug-likeness (QED) is 0.421. The van der Waals surface area contributed by atoms with E-state index in [0.717, 1.165) is 59.8 Å². The Morgan fingerprint density at radius 2 is 1.74 bits per heavy atom. The molecule has 1 fully saturated rings. The zero-order valence-electron chi connectivity index (χ0n) is 19.8. The van der Waals surface area contributed by atoms with E-state index in [1.807, 2.05) is 54.6 Å². The van der Waals surface area contributed by atoms with Crippen molar-refractivity contribution in [2.45, 2.75) is 25.9 Å². The Hall–Kier alpha value is -3.87. The SMILES string of the molecule is COc1ccccc1CNC(=O)C1CCN(c2nc3ccccc3n2Cc2ccc(F)cc2)CC1. The zero-order chi connectivity index (χ0) is 24.2. The van der Waals surface area contributed by atoms with Crippen molar-refractivity contribution in [3.05, 3.63) is 89.7 Å². The number of para-hydroxylation sites is 3. The molecule has 180 valence electrons. The Bertz CT molecular complexity index is 1310. The molecule has 0 bridgehead atoms. The first-order valence-corrected chi connectivity index (χ1v) is 12.0. The number of hydrogen-bond acceptors (Lipinski definition) is 4. The van der Waals surface area contributed by atoms with Crippen LogP contribution in [0, 0.1) is 11.7 Å². The zero-order valence-corrected chi connectivity index (χ0v) is 19.8. The van der Waals surface area contributed by atoms with E-state index in [1.54, 1.807) is 7.11 Å². The second-order valence-corrected chi connectivity index (χ2v) is 8.90. The van der Waals surface area contributed by atoms with Crippen molar-refractivity contribution in [1.29, 1.82) is 0 Å². The number of ether oxygens (including phenoxy) is 1. The number of nitrogens with one attached hydrogen (secondary N) is 1. The van der Waals surface area contributed by atoms with Crippen LogP contribution in [0.2, 0.25) is 0 Å². The summed E-state index contributed by atoms with van der Waals surface area (Å²) < 4.78 is 21.0. The number of carbonyl (C=O) groups excluding carboxylic acids is 1.